The van der Waals surface area contributed by atoms with Crippen molar-refractivity contribution in [1.82, 2.24) is 0 Å². The quantitative estimate of drug-likeness (QED) is 0.124. The van der Waals surface area contributed by atoms with Crippen LogP contribution in [0.1, 0.15) is 0 Å². The van der Waals surface area contributed by atoms with E-state index in [1.807, 2.05) is 0 Å². The SMILES string of the molecule is O=CC(O)C(O)C(O)C(O)C(O)C(O)C(O)C(O)C(=O)OCCO. The lowest BCUT2D eigenvalue weighted by Crippen LogP contribution is -2.57. The van der Waals surface area contributed by atoms with E-state index in [2.05, 4.69) is 4.74 Å². The van der Waals surface area contributed by atoms with Gasteiger partial charge >= 0.3 is 5.97 Å². The normalized spacial score (nSPS) is 21.7. The van der Waals surface area contributed by atoms with Crippen molar-refractivity contribution in [3.8, 4) is 0 Å². The van der Waals surface area contributed by atoms with E-state index in [9.17, 15) is 45.3 Å². The van der Waals surface area contributed by atoms with E-state index in [0.717, 1.165) is 0 Å². The summed E-state index contributed by atoms with van der Waals surface area (Å²) in [4.78, 5) is 21.5. The summed E-state index contributed by atoms with van der Waals surface area (Å²) in [7, 11) is 0. The second-order valence-corrected chi connectivity index (χ2v) is 4.91. The molecule has 12 nitrogen and oxygen atoms in total. The number of esters is 1. The van der Waals surface area contributed by atoms with Gasteiger partial charge in [-0.3, -0.25) is 0 Å². The van der Waals surface area contributed by atoms with Crippen LogP contribution in [0.15, 0.2) is 0 Å². The summed E-state index contributed by atoms with van der Waals surface area (Å²) in [5.74, 6) is -1.44. The number of carbonyl (C=O) groups excluding carboxylic acids is 2. The van der Waals surface area contributed by atoms with Gasteiger partial charge in [0.05, 0.1) is 6.61 Å². The second-order valence-electron chi connectivity index (χ2n) is 4.91. The molecule has 0 spiro atoms. The van der Waals surface area contributed by atoms with Crippen LogP contribution in [0.25, 0.3) is 0 Å². The lowest BCUT2D eigenvalue weighted by molar-refractivity contribution is -0.187. The highest BCUT2D eigenvalue weighted by molar-refractivity contribution is 5.75. The summed E-state index contributed by atoms with van der Waals surface area (Å²) in [6.07, 6.45) is -18.6. The molecular weight excluding hydrogens is 336 g/mol. The lowest BCUT2D eigenvalue weighted by atomic mass is 9.93. The summed E-state index contributed by atoms with van der Waals surface area (Å²) in [5.41, 5.74) is 0. The van der Waals surface area contributed by atoms with Crippen LogP contribution in [0.5, 0.6) is 0 Å². The third-order valence-corrected chi connectivity index (χ3v) is 3.14. The van der Waals surface area contributed by atoms with Crippen molar-refractivity contribution in [2.75, 3.05) is 13.2 Å². The largest absolute Gasteiger partial charge is 0.461 e. The Balaban J connectivity index is 4.85. The Bertz CT molecular complexity index is 390. The highest BCUT2D eigenvalue weighted by Gasteiger charge is 2.42. The molecule has 0 aliphatic rings. The fraction of sp³-hybridized carbons (Fsp3) is 0.833. The van der Waals surface area contributed by atoms with Gasteiger partial charge in [-0.25, -0.2) is 4.79 Å². The Hall–Kier alpha value is -1.22. The van der Waals surface area contributed by atoms with Gasteiger partial charge in [0.1, 0.15) is 49.3 Å². The maximum absolute atomic E-state index is 11.3. The van der Waals surface area contributed by atoms with Crippen LogP contribution in [0.2, 0.25) is 0 Å². The van der Waals surface area contributed by atoms with E-state index in [1.54, 1.807) is 0 Å². The van der Waals surface area contributed by atoms with Crippen molar-refractivity contribution in [1.29, 1.82) is 0 Å². The fourth-order valence-corrected chi connectivity index (χ4v) is 1.65. The predicted octanol–water partition coefficient (Wildman–Crippen LogP) is -6.39. The molecule has 0 aliphatic carbocycles. The van der Waals surface area contributed by atoms with Gasteiger partial charge in [-0.05, 0) is 0 Å². The molecule has 0 bridgehead atoms. The summed E-state index contributed by atoms with van der Waals surface area (Å²) < 4.78 is 4.28. The number of rotatable bonds is 11. The minimum absolute atomic E-state index is 0.154. The van der Waals surface area contributed by atoms with Crippen LogP contribution >= 0.6 is 0 Å². The van der Waals surface area contributed by atoms with Gasteiger partial charge < -0.3 is 55.5 Å². The molecule has 24 heavy (non-hydrogen) atoms. The number of aliphatic hydroxyl groups excluding tert-OH is 9. The van der Waals surface area contributed by atoms with Crippen LogP contribution in [-0.2, 0) is 14.3 Å². The van der Waals surface area contributed by atoms with Crippen molar-refractivity contribution >= 4 is 12.3 Å². The number of aldehydes is 1. The Morgan fingerprint density at radius 1 is 0.792 bits per heavy atom. The zero-order valence-electron chi connectivity index (χ0n) is 12.4. The first kappa shape index (κ1) is 22.8. The van der Waals surface area contributed by atoms with E-state index >= 15 is 0 Å². The molecule has 0 radical (unpaired) electrons. The molecule has 0 rings (SSSR count). The average molecular weight is 358 g/mol. The van der Waals surface area contributed by atoms with Gasteiger partial charge in [-0.1, -0.05) is 0 Å². The molecule has 0 heterocycles. The molecule has 0 amide bonds. The van der Waals surface area contributed by atoms with E-state index < -0.39 is 68.0 Å². The number of carbonyl (C=O) groups is 2. The molecule has 12 heteroatoms. The predicted molar refractivity (Wildman–Crippen MR) is 72.2 cm³/mol. The summed E-state index contributed by atoms with van der Waals surface area (Å²) in [6.45, 7) is -1.07. The molecule has 0 aromatic carbocycles. The third-order valence-electron chi connectivity index (χ3n) is 3.14. The zero-order valence-corrected chi connectivity index (χ0v) is 12.4. The van der Waals surface area contributed by atoms with Crippen molar-refractivity contribution in [3.63, 3.8) is 0 Å². The van der Waals surface area contributed by atoms with Gasteiger partial charge in [0.25, 0.3) is 0 Å². The first-order valence-corrected chi connectivity index (χ1v) is 6.77. The van der Waals surface area contributed by atoms with Crippen molar-refractivity contribution < 1.29 is 60.3 Å². The monoisotopic (exact) mass is 358 g/mol. The summed E-state index contributed by atoms with van der Waals surface area (Å²) in [5, 5.41) is 84.1. The van der Waals surface area contributed by atoms with Crippen molar-refractivity contribution in [2.45, 2.75) is 48.8 Å². The molecule has 0 aromatic heterocycles. The van der Waals surface area contributed by atoms with Crippen molar-refractivity contribution in [3.05, 3.63) is 0 Å². The first-order valence-electron chi connectivity index (χ1n) is 6.77. The van der Waals surface area contributed by atoms with Crippen LogP contribution in [0.3, 0.4) is 0 Å². The zero-order chi connectivity index (χ0) is 19.0. The molecule has 0 saturated heterocycles. The van der Waals surface area contributed by atoms with Crippen molar-refractivity contribution in [2.24, 2.45) is 0 Å². The van der Waals surface area contributed by atoms with Crippen LogP contribution in [0.4, 0.5) is 0 Å². The van der Waals surface area contributed by atoms with Gasteiger partial charge in [0, 0.05) is 0 Å². The van der Waals surface area contributed by atoms with Gasteiger partial charge in [0.15, 0.2) is 12.4 Å². The summed E-state index contributed by atoms with van der Waals surface area (Å²) >= 11 is 0. The van der Waals surface area contributed by atoms with E-state index in [4.69, 9.17) is 10.2 Å². The highest BCUT2D eigenvalue weighted by atomic mass is 16.6. The molecule has 0 aromatic rings. The molecule has 9 N–H and O–H groups in total. The highest BCUT2D eigenvalue weighted by Crippen LogP contribution is 2.14. The molecule has 0 saturated carbocycles. The summed E-state index contributed by atoms with van der Waals surface area (Å²) in [6, 6.07) is 0. The number of hydrogen-bond acceptors (Lipinski definition) is 12. The number of aliphatic hydroxyl groups is 9. The Kier molecular flexibility index (Phi) is 10.1. The second kappa shape index (κ2) is 10.6. The van der Waals surface area contributed by atoms with E-state index in [-0.39, 0.29) is 6.29 Å². The maximum Gasteiger partial charge on any atom is 0.337 e. The molecule has 0 aliphatic heterocycles. The Morgan fingerprint density at radius 3 is 1.62 bits per heavy atom. The number of hydrogen-bond donors (Lipinski definition) is 9. The fourth-order valence-electron chi connectivity index (χ4n) is 1.65. The Morgan fingerprint density at radius 2 is 1.21 bits per heavy atom. The van der Waals surface area contributed by atoms with E-state index in [0.29, 0.717) is 0 Å². The van der Waals surface area contributed by atoms with Crippen LogP contribution in [-0.4, -0.2) is 120 Å². The van der Waals surface area contributed by atoms with E-state index in [1.165, 1.54) is 0 Å². The third kappa shape index (κ3) is 6.01. The molecule has 8 unspecified atom stereocenters. The van der Waals surface area contributed by atoms with Gasteiger partial charge in [0.2, 0.25) is 0 Å². The minimum Gasteiger partial charge on any atom is -0.461 e. The Labute approximate surface area is 135 Å². The van der Waals surface area contributed by atoms with Gasteiger partial charge in [-0.15, -0.1) is 0 Å². The maximum atomic E-state index is 11.3. The standard InChI is InChI=1S/C12H22O12/c13-1-2-24-12(23)11(22)10(21)9(20)8(19)7(18)6(17)5(16)4(15)3-14/h3-11,13,15-22H,1-2H2. The van der Waals surface area contributed by atoms with Gasteiger partial charge in [-0.2, -0.15) is 0 Å². The molecule has 8 atom stereocenters. The van der Waals surface area contributed by atoms with Crippen LogP contribution in [0, 0.1) is 0 Å². The molecule has 142 valence electrons. The smallest absolute Gasteiger partial charge is 0.337 e. The lowest BCUT2D eigenvalue weighted by Gasteiger charge is -2.32. The number of ether oxygens (including phenoxy) is 1. The average Bonchev–Trinajstić information content (AvgIpc) is 2.60. The van der Waals surface area contributed by atoms with Crippen LogP contribution < -0.4 is 0 Å². The topological polar surface area (TPSA) is 225 Å². The molecule has 0 fully saturated rings. The minimum atomic E-state index is -2.39. The first-order chi connectivity index (χ1) is 11.1. The molecular formula is C12H22O12.